The van der Waals surface area contributed by atoms with Gasteiger partial charge >= 0.3 is 0 Å². The maximum Gasteiger partial charge on any atom is 0.123 e. The Balaban J connectivity index is 2.33. The van der Waals surface area contributed by atoms with Gasteiger partial charge in [0.1, 0.15) is 10.8 Å². The maximum absolute atomic E-state index is 12.7. The lowest BCUT2D eigenvalue weighted by atomic mass is 10.2. The van der Waals surface area contributed by atoms with Crippen LogP contribution in [0.3, 0.4) is 0 Å². The molecule has 1 N–H and O–H groups in total. The molecule has 2 aromatic rings. The van der Waals surface area contributed by atoms with E-state index in [2.05, 4.69) is 4.98 Å². The highest BCUT2D eigenvalue weighted by Crippen LogP contribution is 2.26. The van der Waals surface area contributed by atoms with E-state index in [1.54, 1.807) is 19.1 Å². The zero-order valence-corrected chi connectivity index (χ0v) is 8.96. The van der Waals surface area contributed by atoms with Crippen molar-refractivity contribution in [1.29, 1.82) is 0 Å². The third-order valence-electron chi connectivity index (χ3n) is 2.04. The maximum atomic E-state index is 12.7. The zero-order chi connectivity index (χ0) is 10.8. The van der Waals surface area contributed by atoms with Crippen molar-refractivity contribution in [2.45, 2.75) is 13.0 Å². The summed E-state index contributed by atoms with van der Waals surface area (Å²) >= 11 is 1.44. The molecule has 15 heavy (non-hydrogen) atoms. The molecule has 0 radical (unpaired) electrons. The van der Waals surface area contributed by atoms with Crippen molar-refractivity contribution in [3.05, 3.63) is 41.2 Å². The van der Waals surface area contributed by atoms with E-state index in [1.165, 1.54) is 23.5 Å². The van der Waals surface area contributed by atoms with Crippen LogP contribution in [0.25, 0.3) is 10.6 Å². The van der Waals surface area contributed by atoms with Gasteiger partial charge in [-0.15, -0.1) is 11.3 Å². The summed E-state index contributed by atoms with van der Waals surface area (Å²) in [5.41, 5.74) is 1.52. The van der Waals surface area contributed by atoms with E-state index in [0.717, 1.165) is 10.6 Å². The molecule has 0 aliphatic rings. The molecule has 1 aromatic heterocycles. The Labute approximate surface area is 91.0 Å². The fourth-order valence-corrected chi connectivity index (χ4v) is 2.12. The smallest absolute Gasteiger partial charge is 0.123 e. The van der Waals surface area contributed by atoms with Gasteiger partial charge in [0.25, 0.3) is 0 Å². The molecule has 0 bridgehead atoms. The minimum Gasteiger partial charge on any atom is -0.387 e. The minimum absolute atomic E-state index is 0.258. The van der Waals surface area contributed by atoms with E-state index in [9.17, 15) is 9.50 Å². The highest BCUT2D eigenvalue weighted by atomic mass is 32.1. The summed E-state index contributed by atoms with van der Waals surface area (Å²) in [7, 11) is 0. The number of aromatic nitrogens is 1. The molecule has 2 rings (SSSR count). The van der Waals surface area contributed by atoms with E-state index in [4.69, 9.17) is 0 Å². The Morgan fingerprint density at radius 1 is 1.33 bits per heavy atom. The Kier molecular flexibility index (Phi) is 2.79. The lowest BCUT2D eigenvalue weighted by molar-refractivity contribution is 0.195. The van der Waals surface area contributed by atoms with Gasteiger partial charge in [-0.2, -0.15) is 0 Å². The monoisotopic (exact) mass is 223 g/mol. The topological polar surface area (TPSA) is 33.1 Å². The molecule has 0 spiro atoms. The van der Waals surface area contributed by atoms with Crippen molar-refractivity contribution in [2.75, 3.05) is 0 Å². The van der Waals surface area contributed by atoms with Gasteiger partial charge in [-0.3, -0.25) is 0 Å². The normalized spacial score (nSPS) is 12.7. The molecule has 1 heterocycles. The van der Waals surface area contributed by atoms with Crippen LogP contribution >= 0.6 is 11.3 Å². The van der Waals surface area contributed by atoms with Crippen LogP contribution in [0.5, 0.6) is 0 Å². The van der Waals surface area contributed by atoms with Crippen LogP contribution in [0.15, 0.2) is 29.6 Å². The van der Waals surface area contributed by atoms with Crippen molar-refractivity contribution in [3.8, 4) is 10.6 Å². The molecule has 4 heteroatoms. The molecule has 2 nitrogen and oxygen atoms in total. The minimum atomic E-state index is -0.560. The molecular weight excluding hydrogens is 213 g/mol. The van der Waals surface area contributed by atoms with Gasteiger partial charge in [0, 0.05) is 10.9 Å². The number of aliphatic hydroxyl groups excluding tert-OH is 1. The van der Waals surface area contributed by atoms with E-state index >= 15 is 0 Å². The average molecular weight is 223 g/mol. The Morgan fingerprint density at radius 3 is 2.53 bits per heavy atom. The number of halogens is 1. The van der Waals surface area contributed by atoms with Crippen molar-refractivity contribution in [2.24, 2.45) is 0 Å². The molecule has 0 aliphatic carbocycles. The number of nitrogens with zero attached hydrogens (tertiary/aromatic N) is 1. The molecule has 1 aromatic carbocycles. The van der Waals surface area contributed by atoms with Gasteiger partial charge in [-0.05, 0) is 31.2 Å². The van der Waals surface area contributed by atoms with Gasteiger partial charge < -0.3 is 5.11 Å². The van der Waals surface area contributed by atoms with Crippen LogP contribution in [0, 0.1) is 5.82 Å². The fraction of sp³-hybridized carbons (Fsp3) is 0.182. The summed E-state index contributed by atoms with van der Waals surface area (Å²) in [6, 6.07) is 6.16. The van der Waals surface area contributed by atoms with Gasteiger partial charge in [0.15, 0.2) is 0 Å². The summed E-state index contributed by atoms with van der Waals surface area (Å²) < 4.78 is 12.7. The second-order valence-corrected chi connectivity index (χ2v) is 4.12. The van der Waals surface area contributed by atoms with Crippen molar-refractivity contribution in [1.82, 2.24) is 4.98 Å². The molecule has 0 amide bonds. The highest BCUT2D eigenvalue weighted by molar-refractivity contribution is 7.13. The molecule has 1 atom stereocenters. The van der Waals surface area contributed by atoms with E-state index < -0.39 is 6.10 Å². The van der Waals surface area contributed by atoms with Gasteiger partial charge in [0.05, 0.1) is 11.8 Å². The predicted octanol–water partition coefficient (Wildman–Crippen LogP) is 3.00. The van der Waals surface area contributed by atoms with Gasteiger partial charge in [0.2, 0.25) is 0 Å². The summed E-state index contributed by atoms with van der Waals surface area (Å²) in [6.45, 7) is 1.67. The second-order valence-electron chi connectivity index (χ2n) is 3.26. The molecular formula is C11H10FNOS. The van der Waals surface area contributed by atoms with Crippen LogP contribution < -0.4 is 0 Å². The van der Waals surface area contributed by atoms with Crippen molar-refractivity contribution < 1.29 is 9.50 Å². The standard InChI is InChI=1S/C11H10FNOS/c1-7(14)10-6-15-11(13-10)8-2-4-9(12)5-3-8/h2-7,14H,1H3. The summed E-state index contributed by atoms with van der Waals surface area (Å²) in [6.07, 6.45) is -0.560. The molecule has 0 saturated heterocycles. The molecule has 78 valence electrons. The van der Waals surface area contributed by atoms with Crippen LogP contribution in [-0.2, 0) is 0 Å². The third-order valence-corrected chi connectivity index (χ3v) is 2.95. The number of rotatable bonds is 2. The van der Waals surface area contributed by atoms with Gasteiger partial charge in [-0.1, -0.05) is 0 Å². The Bertz CT molecular complexity index is 450. The first kappa shape index (κ1) is 10.3. The van der Waals surface area contributed by atoms with Crippen molar-refractivity contribution >= 4 is 11.3 Å². The van der Waals surface area contributed by atoms with E-state index in [1.807, 2.05) is 5.38 Å². The number of hydrogen-bond donors (Lipinski definition) is 1. The number of thiazole rings is 1. The average Bonchev–Trinajstić information content (AvgIpc) is 2.68. The summed E-state index contributed by atoms with van der Waals surface area (Å²) in [5, 5.41) is 11.9. The van der Waals surface area contributed by atoms with Crippen LogP contribution in [-0.4, -0.2) is 10.1 Å². The number of aliphatic hydroxyl groups is 1. The van der Waals surface area contributed by atoms with E-state index in [-0.39, 0.29) is 5.82 Å². The first-order chi connectivity index (χ1) is 7.16. The second kappa shape index (κ2) is 4.08. The molecule has 0 saturated carbocycles. The SMILES string of the molecule is CC(O)c1csc(-c2ccc(F)cc2)n1. The largest absolute Gasteiger partial charge is 0.387 e. The summed E-state index contributed by atoms with van der Waals surface area (Å²) in [4.78, 5) is 4.26. The lowest BCUT2D eigenvalue weighted by Crippen LogP contribution is -1.90. The molecule has 0 aliphatic heterocycles. The number of benzene rings is 1. The summed E-state index contributed by atoms with van der Waals surface area (Å²) in [5.74, 6) is -0.258. The predicted molar refractivity (Wildman–Crippen MR) is 58.1 cm³/mol. The number of hydrogen-bond acceptors (Lipinski definition) is 3. The Morgan fingerprint density at radius 2 is 2.00 bits per heavy atom. The van der Waals surface area contributed by atoms with Gasteiger partial charge in [-0.25, -0.2) is 9.37 Å². The lowest BCUT2D eigenvalue weighted by Gasteiger charge is -1.97. The first-order valence-electron chi connectivity index (χ1n) is 4.56. The Hall–Kier alpha value is -1.26. The fourth-order valence-electron chi connectivity index (χ4n) is 1.20. The third kappa shape index (κ3) is 2.22. The van der Waals surface area contributed by atoms with Crippen LogP contribution in [0.4, 0.5) is 4.39 Å². The highest BCUT2D eigenvalue weighted by Gasteiger charge is 2.08. The van der Waals surface area contributed by atoms with Crippen LogP contribution in [0.1, 0.15) is 18.7 Å². The zero-order valence-electron chi connectivity index (χ0n) is 8.14. The first-order valence-corrected chi connectivity index (χ1v) is 5.44. The van der Waals surface area contributed by atoms with Crippen molar-refractivity contribution in [3.63, 3.8) is 0 Å². The quantitative estimate of drug-likeness (QED) is 0.849. The molecule has 1 unspecified atom stereocenters. The van der Waals surface area contributed by atoms with E-state index in [0.29, 0.717) is 5.69 Å². The van der Waals surface area contributed by atoms with Crippen LogP contribution in [0.2, 0.25) is 0 Å². The molecule has 0 fully saturated rings.